The third-order valence-corrected chi connectivity index (χ3v) is 2.18. The Kier molecular flexibility index (Phi) is 6.49. The number of unbranched alkanes of at least 4 members (excludes halogenated alkanes) is 2. The van der Waals surface area contributed by atoms with Gasteiger partial charge in [0.05, 0.1) is 0 Å². The number of halogens is 3. The van der Waals surface area contributed by atoms with E-state index in [4.69, 9.17) is 4.74 Å². The first-order valence-electron chi connectivity index (χ1n) is 6.12. The summed E-state index contributed by atoms with van der Waals surface area (Å²) >= 11 is 0. The fraction of sp³-hybridized carbons (Fsp3) is 0.917. The molecule has 0 spiro atoms. The van der Waals surface area contributed by atoms with E-state index in [0.717, 1.165) is 6.42 Å². The Morgan fingerprint density at radius 2 is 1.78 bits per heavy atom. The molecule has 0 aromatic heterocycles. The second kappa shape index (κ2) is 6.85. The zero-order chi connectivity index (χ0) is 14.4. The lowest BCUT2D eigenvalue weighted by molar-refractivity contribution is -0.156. The highest BCUT2D eigenvalue weighted by Crippen LogP contribution is 2.24. The molecular weight excluding hydrogens is 247 g/mol. The van der Waals surface area contributed by atoms with E-state index in [2.05, 4.69) is 0 Å². The third-order valence-electron chi connectivity index (χ3n) is 2.18. The molecule has 0 saturated carbocycles. The summed E-state index contributed by atoms with van der Waals surface area (Å²) in [4.78, 5) is 11.3. The summed E-state index contributed by atoms with van der Waals surface area (Å²) in [5.41, 5.74) is -0.802. The van der Waals surface area contributed by atoms with Crippen LogP contribution in [0.4, 0.5) is 18.0 Å². The van der Waals surface area contributed by atoms with Gasteiger partial charge >= 0.3 is 12.3 Å². The van der Waals surface area contributed by atoms with Crippen LogP contribution in [-0.2, 0) is 4.74 Å². The number of hydrogen-bond acceptors (Lipinski definition) is 2. The Bertz CT molecular complexity index is 259. The molecule has 0 aliphatic heterocycles. The number of amides is 1. The molecule has 0 fully saturated rings. The molecule has 1 unspecified atom stereocenters. The fourth-order valence-corrected chi connectivity index (χ4v) is 1.37. The van der Waals surface area contributed by atoms with Crippen molar-refractivity contribution < 1.29 is 22.7 Å². The van der Waals surface area contributed by atoms with Crippen molar-refractivity contribution in [1.82, 2.24) is 5.32 Å². The Morgan fingerprint density at radius 3 is 2.17 bits per heavy atom. The lowest BCUT2D eigenvalue weighted by Gasteiger charge is -2.25. The first-order valence-corrected chi connectivity index (χ1v) is 6.12. The molecule has 6 heteroatoms. The SMILES string of the molecule is CCCCCC(NC(=O)OC(C)(C)C)C(F)(F)F. The zero-order valence-corrected chi connectivity index (χ0v) is 11.4. The molecule has 1 N–H and O–H groups in total. The highest BCUT2D eigenvalue weighted by atomic mass is 19.4. The van der Waals surface area contributed by atoms with E-state index >= 15 is 0 Å². The Morgan fingerprint density at radius 1 is 1.22 bits per heavy atom. The minimum atomic E-state index is -4.44. The molecule has 0 saturated heterocycles. The minimum Gasteiger partial charge on any atom is -0.444 e. The number of nitrogens with one attached hydrogen (secondary N) is 1. The molecule has 0 radical (unpaired) electrons. The van der Waals surface area contributed by atoms with Gasteiger partial charge in [-0.25, -0.2) is 4.79 Å². The number of alkyl carbamates (subject to hydrolysis) is 1. The number of carbonyl (C=O) groups is 1. The van der Waals surface area contributed by atoms with Crippen LogP contribution in [0.1, 0.15) is 53.4 Å². The molecule has 18 heavy (non-hydrogen) atoms. The van der Waals surface area contributed by atoms with E-state index in [1.54, 1.807) is 20.8 Å². The summed E-state index contributed by atoms with van der Waals surface area (Å²) in [5, 5.41) is 1.89. The molecule has 0 bridgehead atoms. The molecule has 1 amide bonds. The number of rotatable bonds is 5. The van der Waals surface area contributed by atoms with E-state index < -0.39 is 23.9 Å². The monoisotopic (exact) mass is 269 g/mol. The van der Waals surface area contributed by atoms with E-state index in [1.807, 2.05) is 12.2 Å². The van der Waals surface area contributed by atoms with Crippen molar-refractivity contribution >= 4 is 6.09 Å². The molecule has 108 valence electrons. The van der Waals surface area contributed by atoms with Crippen LogP contribution in [0.5, 0.6) is 0 Å². The van der Waals surface area contributed by atoms with Gasteiger partial charge in [0, 0.05) is 0 Å². The standard InChI is InChI=1S/C12H22F3NO2/c1-5-6-7-8-9(12(13,14)15)16-10(17)18-11(2,3)4/h9H,5-8H2,1-4H3,(H,16,17). The van der Waals surface area contributed by atoms with Gasteiger partial charge < -0.3 is 10.1 Å². The van der Waals surface area contributed by atoms with Crippen molar-refractivity contribution in [2.75, 3.05) is 0 Å². The maximum Gasteiger partial charge on any atom is 0.408 e. The van der Waals surface area contributed by atoms with Gasteiger partial charge in [0.25, 0.3) is 0 Å². The van der Waals surface area contributed by atoms with Crippen LogP contribution >= 0.6 is 0 Å². The molecule has 1 atom stereocenters. The molecule has 0 aromatic rings. The van der Waals surface area contributed by atoms with Gasteiger partial charge in [-0.15, -0.1) is 0 Å². The highest BCUT2D eigenvalue weighted by Gasteiger charge is 2.40. The topological polar surface area (TPSA) is 38.3 Å². The Balaban J connectivity index is 4.37. The van der Waals surface area contributed by atoms with Gasteiger partial charge in [-0.1, -0.05) is 26.2 Å². The first-order chi connectivity index (χ1) is 8.06. The summed E-state index contributed by atoms with van der Waals surface area (Å²) in [6.07, 6.45) is -3.61. The molecule has 0 heterocycles. The quantitative estimate of drug-likeness (QED) is 0.765. The summed E-state index contributed by atoms with van der Waals surface area (Å²) < 4.78 is 42.8. The van der Waals surface area contributed by atoms with Gasteiger partial charge in [-0.05, 0) is 27.2 Å². The van der Waals surface area contributed by atoms with Crippen molar-refractivity contribution in [1.29, 1.82) is 0 Å². The normalized spacial score (nSPS) is 14.2. The lowest BCUT2D eigenvalue weighted by Crippen LogP contribution is -2.47. The van der Waals surface area contributed by atoms with Gasteiger partial charge in [0.1, 0.15) is 11.6 Å². The van der Waals surface area contributed by atoms with Crippen LogP contribution < -0.4 is 5.32 Å². The van der Waals surface area contributed by atoms with Crippen LogP contribution in [0.3, 0.4) is 0 Å². The molecule has 0 aliphatic carbocycles. The maximum atomic E-state index is 12.7. The van der Waals surface area contributed by atoms with E-state index in [-0.39, 0.29) is 6.42 Å². The fourth-order valence-electron chi connectivity index (χ4n) is 1.37. The van der Waals surface area contributed by atoms with Crippen molar-refractivity contribution in [2.24, 2.45) is 0 Å². The second-order valence-electron chi connectivity index (χ2n) is 5.24. The molecule has 0 aromatic carbocycles. The number of hydrogen-bond donors (Lipinski definition) is 1. The lowest BCUT2D eigenvalue weighted by atomic mass is 10.1. The zero-order valence-electron chi connectivity index (χ0n) is 11.4. The van der Waals surface area contributed by atoms with Crippen molar-refractivity contribution in [3.8, 4) is 0 Å². The van der Waals surface area contributed by atoms with Crippen LogP contribution in [0, 0.1) is 0 Å². The minimum absolute atomic E-state index is 0.115. The van der Waals surface area contributed by atoms with E-state index in [0.29, 0.717) is 12.8 Å². The van der Waals surface area contributed by atoms with Gasteiger partial charge in [-0.2, -0.15) is 13.2 Å². The predicted molar refractivity (Wildman–Crippen MR) is 63.4 cm³/mol. The van der Waals surface area contributed by atoms with E-state index in [1.165, 1.54) is 0 Å². The predicted octanol–water partition coefficient (Wildman–Crippen LogP) is 4.02. The summed E-state index contributed by atoms with van der Waals surface area (Å²) in [6.45, 7) is 6.72. The van der Waals surface area contributed by atoms with Crippen LogP contribution in [0.25, 0.3) is 0 Å². The van der Waals surface area contributed by atoms with Crippen LogP contribution in [-0.4, -0.2) is 23.9 Å². The summed E-state index contributed by atoms with van der Waals surface area (Å²) in [6, 6.07) is -1.83. The number of alkyl halides is 3. The van der Waals surface area contributed by atoms with Crippen LogP contribution in [0.15, 0.2) is 0 Å². The van der Waals surface area contributed by atoms with Crippen LogP contribution in [0.2, 0.25) is 0 Å². The average Bonchev–Trinajstić information content (AvgIpc) is 2.12. The van der Waals surface area contributed by atoms with Gasteiger partial charge in [0.2, 0.25) is 0 Å². The Labute approximate surface area is 106 Å². The van der Waals surface area contributed by atoms with Gasteiger partial charge in [0.15, 0.2) is 0 Å². The highest BCUT2D eigenvalue weighted by molar-refractivity contribution is 5.68. The molecule has 0 aliphatic rings. The largest absolute Gasteiger partial charge is 0.444 e. The summed E-state index contributed by atoms with van der Waals surface area (Å²) in [7, 11) is 0. The van der Waals surface area contributed by atoms with Crippen molar-refractivity contribution in [3.05, 3.63) is 0 Å². The average molecular weight is 269 g/mol. The van der Waals surface area contributed by atoms with Crippen molar-refractivity contribution in [3.63, 3.8) is 0 Å². The third kappa shape index (κ3) is 8.20. The van der Waals surface area contributed by atoms with Crippen molar-refractivity contribution in [2.45, 2.75) is 71.2 Å². The first kappa shape index (κ1) is 17.1. The smallest absolute Gasteiger partial charge is 0.408 e. The molecule has 3 nitrogen and oxygen atoms in total. The molecular formula is C12H22F3NO2. The van der Waals surface area contributed by atoms with Gasteiger partial charge in [-0.3, -0.25) is 0 Å². The summed E-state index contributed by atoms with van der Waals surface area (Å²) in [5.74, 6) is 0. The van der Waals surface area contributed by atoms with E-state index in [9.17, 15) is 18.0 Å². The number of ether oxygens (including phenoxy) is 1. The molecule has 0 rings (SSSR count). The second-order valence-corrected chi connectivity index (χ2v) is 5.24. The maximum absolute atomic E-state index is 12.7. The Hall–Kier alpha value is -0.940. The number of carbonyl (C=O) groups excluding carboxylic acids is 1.